The molecule has 0 spiro atoms. The summed E-state index contributed by atoms with van der Waals surface area (Å²) in [5.41, 5.74) is 0.237. The van der Waals surface area contributed by atoms with Crippen molar-refractivity contribution in [2.75, 3.05) is 23.3 Å². The predicted molar refractivity (Wildman–Crippen MR) is 95.8 cm³/mol. The minimum atomic E-state index is -4.40. The van der Waals surface area contributed by atoms with E-state index in [1.165, 1.54) is 18.5 Å². The number of carbonyl (C=O) groups is 1. The third-order valence-corrected chi connectivity index (χ3v) is 4.74. The number of anilines is 2. The average molecular weight is 390 g/mol. The van der Waals surface area contributed by atoms with Crippen molar-refractivity contribution in [3.63, 3.8) is 0 Å². The van der Waals surface area contributed by atoms with Gasteiger partial charge in [-0.2, -0.15) is 17.7 Å². The highest BCUT2D eigenvalue weighted by Gasteiger charge is 2.30. The molecule has 0 unspecified atom stereocenters. The van der Waals surface area contributed by atoms with E-state index in [0.717, 1.165) is 30.9 Å². The quantitative estimate of drug-likeness (QED) is 0.744. The smallest absolute Gasteiger partial charge is 0.354 e. The van der Waals surface area contributed by atoms with Gasteiger partial charge in [-0.15, -0.1) is 15.3 Å². The first kappa shape index (κ1) is 18.2. The molecule has 7 nitrogen and oxygen atoms in total. The van der Waals surface area contributed by atoms with Crippen LogP contribution in [0.2, 0.25) is 0 Å². The van der Waals surface area contributed by atoms with Crippen LogP contribution in [-0.4, -0.2) is 38.8 Å². The molecule has 0 saturated carbocycles. The van der Waals surface area contributed by atoms with Crippen LogP contribution in [0.15, 0.2) is 42.7 Å². The molecule has 3 aromatic rings. The minimum Gasteiger partial charge on any atom is -0.354 e. The van der Waals surface area contributed by atoms with Gasteiger partial charge in [0, 0.05) is 18.8 Å². The van der Waals surface area contributed by atoms with Gasteiger partial charge in [-0.05, 0) is 49.2 Å². The molecule has 1 aliphatic heterocycles. The van der Waals surface area contributed by atoms with Gasteiger partial charge in [0.05, 0.1) is 11.5 Å². The molecule has 28 heavy (non-hydrogen) atoms. The van der Waals surface area contributed by atoms with E-state index in [1.54, 1.807) is 10.6 Å². The second-order valence-electron chi connectivity index (χ2n) is 6.67. The molecule has 0 radical (unpaired) electrons. The molecule has 2 aromatic heterocycles. The zero-order chi connectivity index (χ0) is 19.7. The molecular formula is C18H17F3N6O. The average Bonchev–Trinajstić information content (AvgIpc) is 3.15. The Kier molecular flexibility index (Phi) is 4.62. The molecule has 1 aliphatic rings. The van der Waals surface area contributed by atoms with Crippen LogP contribution in [0.3, 0.4) is 0 Å². The molecule has 3 heterocycles. The molecule has 0 bridgehead atoms. The number of hydrogen-bond donors (Lipinski definition) is 1. The molecule has 1 aromatic carbocycles. The van der Waals surface area contributed by atoms with Crippen LogP contribution in [0.1, 0.15) is 18.4 Å². The van der Waals surface area contributed by atoms with E-state index >= 15 is 0 Å². The minimum absolute atomic E-state index is 0.213. The number of halogens is 3. The Labute approximate surface area is 158 Å². The molecule has 4 rings (SSSR count). The summed E-state index contributed by atoms with van der Waals surface area (Å²) >= 11 is 0. The fourth-order valence-electron chi connectivity index (χ4n) is 3.27. The number of rotatable bonds is 3. The van der Waals surface area contributed by atoms with Gasteiger partial charge in [0.1, 0.15) is 12.1 Å². The highest BCUT2D eigenvalue weighted by atomic mass is 19.4. The number of carbonyl (C=O) groups excluding carboxylic acids is 1. The molecular weight excluding hydrogens is 373 g/mol. The summed E-state index contributed by atoms with van der Waals surface area (Å²) in [5, 5.41) is 14.9. The lowest BCUT2D eigenvalue weighted by Crippen LogP contribution is -2.41. The normalized spacial score (nSPS) is 17.7. The lowest BCUT2D eigenvalue weighted by molar-refractivity contribution is -0.137. The number of alkyl halides is 3. The summed E-state index contributed by atoms with van der Waals surface area (Å²) < 4.78 is 39.5. The van der Waals surface area contributed by atoms with Crippen molar-refractivity contribution in [1.29, 1.82) is 0 Å². The van der Waals surface area contributed by atoms with Crippen molar-refractivity contribution in [1.82, 2.24) is 19.8 Å². The van der Waals surface area contributed by atoms with E-state index in [0.29, 0.717) is 24.3 Å². The van der Waals surface area contributed by atoms with E-state index in [1.807, 2.05) is 11.0 Å². The molecule has 10 heteroatoms. The van der Waals surface area contributed by atoms with E-state index < -0.39 is 11.7 Å². The Balaban J connectivity index is 1.43. The van der Waals surface area contributed by atoms with Gasteiger partial charge >= 0.3 is 6.18 Å². The Morgan fingerprint density at radius 3 is 2.68 bits per heavy atom. The van der Waals surface area contributed by atoms with Crippen molar-refractivity contribution in [2.24, 2.45) is 5.92 Å². The number of aromatic nitrogens is 4. The number of fused-ring (bicyclic) bond motifs is 1. The van der Waals surface area contributed by atoms with Crippen LogP contribution in [-0.2, 0) is 11.0 Å². The maximum absolute atomic E-state index is 12.6. The predicted octanol–water partition coefficient (Wildman–Crippen LogP) is 3.00. The molecule has 1 atom stereocenters. The second-order valence-corrected chi connectivity index (χ2v) is 6.67. The zero-order valence-electron chi connectivity index (χ0n) is 14.7. The molecule has 0 aliphatic carbocycles. The molecule has 146 valence electrons. The first-order valence-electron chi connectivity index (χ1n) is 8.80. The third-order valence-electron chi connectivity index (χ3n) is 4.74. The second kappa shape index (κ2) is 7.10. The maximum Gasteiger partial charge on any atom is 0.416 e. The lowest BCUT2D eigenvalue weighted by Gasteiger charge is -2.32. The van der Waals surface area contributed by atoms with Crippen molar-refractivity contribution < 1.29 is 18.0 Å². The standard InChI is InChI=1S/C18H17F3N6O/c19-18(20,21)13-3-5-14(6-4-13)23-17(28)12-2-1-9-26(10-12)16-8-7-15-24-22-11-27(15)25-16/h3-8,11-12H,1-2,9-10H2,(H,23,28)/t12-/m0/s1. The Bertz CT molecular complexity index is 985. The lowest BCUT2D eigenvalue weighted by atomic mass is 9.97. The zero-order valence-corrected chi connectivity index (χ0v) is 14.7. The first-order valence-corrected chi connectivity index (χ1v) is 8.80. The topological polar surface area (TPSA) is 75.4 Å². The maximum atomic E-state index is 12.6. The number of nitrogens with zero attached hydrogens (tertiary/aromatic N) is 5. The number of hydrogen-bond acceptors (Lipinski definition) is 5. The number of amides is 1. The molecule has 1 fully saturated rings. The summed E-state index contributed by atoms with van der Waals surface area (Å²) in [4.78, 5) is 14.6. The van der Waals surface area contributed by atoms with Gasteiger partial charge in [0.2, 0.25) is 5.91 Å². The SMILES string of the molecule is O=C(Nc1ccc(C(F)(F)F)cc1)[C@H]1CCCN(c2ccc3nncn3n2)C1. The summed E-state index contributed by atoms with van der Waals surface area (Å²) in [6.45, 7) is 1.25. The summed E-state index contributed by atoms with van der Waals surface area (Å²) in [7, 11) is 0. The van der Waals surface area contributed by atoms with E-state index in [2.05, 4.69) is 20.6 Å². The van der Waals surface area contributed by atoms with Gasteiger partial charge in [-0.3, -0.25) is 4.79 Å². The van der Waals surface area contributed by atoms with Gasteiger partial charge in [0.25, 0.3) is 0 Å². The van der Waals surface area contributed by atoms with Gasteiger partial charge < -0.3 is 10.2 Å². The summed E-state index contributed by atoms with van der Waals surface area (Å²) in [5.74, 6) is 0.226. The Hall–Kier alpha value is -3.17. The number of nitrogens with one attached hydrogen (secondary N) is 1. The van der Waals surface area contributed by atoms with Crippen LogP contribution in [0.25, 0.3) is 5.65 Å². The molecule has 1 amide bonds. The monoisotopic (exact) mass is 390 g/mol. The number of piperidine rings is 1. The number of benzene rings is 1. The van der Waals surface area contributed by atoms with E-state index in [9.17, 15) is 18.0 Å². The van der Waals surface area contributed by atoms with Gasteiger partial charge in [-0.25, -0.2) is 0 Å². The van der Waals surface area contributed by atoms with Crippen molar-refractivity contribution in [3.8, 4) is 0 Å². The first-order chi connectivity index (χ1) is 13.4. The van der Waals surface area contributed by atoms with Crippen molar-refractivity contribution in [3.05, 3.63) is 48.3 Å². The van der Waals surface area contributed by atoms with Crippen LogP contribution >= 0.6 is 0 Å². The highest BCUT2D eigenvalue weighted by molar-refractivity contribution is 5.93. The fourth-order valence-corrected chi connectivity index (χ4v) is 3.27. The summed E-state index contributed by atoms with van der Waals surface area (Å²) in [6.07, 6.45) is -1.37. The van der Waals surface area contributed by atoms with Crippen LogP contribution in [0.5, 0.6) is 0 Å². The fraction of sp³-hybridized carbons (Fsp3) is 0.333. The molecule has 1 saturated heterocycles. The van der Waals surface area contributed by atoms with E-state index in [4.69, 9.17) is 0 Å². The van der Waals surface area contributed by atoms with Crippen molar-refractivity contribution >= 4 is 23.1 Å². The van der Waals surface area contributed by atoms with E-state index in [-0.39, 0.29) is 11.8 Å². The van der Waals surface area contributed by atoms with Gasteiger partial charge in [0.15, 0.2) is 5.65 Å². The Morgan fingerprint density at radius 1 is 1.14 bits per heavy atom. The van der Waals surface area contributed by atoms with Crippen molar-refractivity contribution in [2.45, 2.75) is 19.0 Å². The van der Waals surface area contributed by atoms with Crippen LogP contribution in [0.4, 0.5) is 24.7 Å². The van der Waals surface area contributed by atoms with Crippen LogP contribution in [0, 0.1) is 5.92 Å². The van der Waals surface area contributed by atoms with Crippen LogP contribution < -0.4 is 10.2 Å². The summed E-state index contributed by atoms with van der Waals surface area (Å²) in [6, 6.07) is 8.09. The van der Waals surface area contributed by atoms with Gasteiger partial charge in [-0.1, -0.05) is 0 Å². The largest absolute Gasteiger partial charge is 0.416 e. The third kappa shape index (κ3) is 3.75. The Morgan fingerprint density at radius 2 is 1.93 bits per heavy atom. The molecule has 1 N–H and O–H groups in total. The highest BCUT2D eigenvalue weighted by Crippen LogP contribution is 2.30.